The molecule has 5 N–H and O–H groups in total. The fraction of sp³-hybridized carbons (Fsp3) is 1.00. The summed E-state index contributed by atoms with van der Waals surface area (Å²) in [5, 5.41) is 0. The minimum Gasteiger partial charge on any atom is -0.310 e. The molecule has 0 spiro atoms. The van der Waals surface area contributed by atoms with Crippen molar-refractivity contribution in [2.45, 2.75) is 45.5 Å². The summed E-state index contributed by atoms with van der Waals surface area (Å²) in [4.78, 5) is 5.23. The highest BCUT2D eigenvalue weighted by molar-refractivity contribution is 4.82. The molecule has 0 amide bonds. The van der Waals surface area contributed by atoms with Gasteiger partial charge < -0.3 is 5.73 Å². The van der Waals surface area contributed by atoms with E-state index in [4.69, 9.17) is 10.6 Å². The van der Waals surface area contributed by atoms with E-state index in [1.165, 1.54) is 0 Å². The normalized spacial score (nSPS) is 18.7. The molecule has 0 saturated heterocycles. The molecule has 0 radical (unpaired) electrons. The predicted molar refractivity (Wildman–Crippen MR) is 53.6 cm³/mol. The van der Waals surface area contributed by atoms with Crippen LogP contribution >= 0.6 is 0 Å². The fourth-order valence-corrected chi connectivity index (χ4v) is 0.700. The van der Waals surface area contributed by atoms with Crippen molar-refractivity contribution in [2.24, 2.45) is 5.73 Å². The van der Waals surface area contributed by atoms with Gasteiger partial charge in [0, 0.05) is 0 Å². The van der Waals surface area contributed by atoms with Crippen LogP contribution in [-0.2, 0) is 4.84 Å². The third-order valence-electron chi connectivity index (χ3n) is 1.77. The maximum atomic E-state index is 5.96. The van der Waals surface area contributed by atoms with Gasteiger partial charge in [0.25, 0.3) is 0 Å². The number of nitrogens with two attached hydrogens (primary N) is 1. The zero-order valence-electron chi connectivity index (χ0n) is 9.14. The molecule has 0 aliphatic rings. The third kappa shape index (κ3) is 5.17. The van der Waals surface area contributed by atoms with Crippen LogP contribution in [0.1, 0.15) is 27.7 Å². The zero-order valence-corrected chi connectivity index (χ0v) is 9.14. The lowest BCUT2D eigenvalue weighted by Gasteiger charge is -2.33. The smallest absolute Gasteiger partial charge is 0.103 e. The number of nitrogens with one attached hydrogen (secondary N) is 3. The highest BCUT2D eigenvalue weighted by Crippen LogP contribution is 2.01. The first kappa shape index (κ1) is 12.8. The van der Waals surface area contributed by atoms with Gasteiger partial charge in [-0.2, -0.15) is 5.48 Å². The summed E-state index contributed by atoms with van der Waals surface area (Å²) >= 11 is 0. The lowest BCUT2D eigenvalue weighted by Crippen LogP contribution is -2.64. The standard InChI is InChI=1S/C8H22N4O/c1-6(2)13-12-8(4,9)7(3)11-10-5/h6-7,10-12H,9H2,1-5H3. The Morgan fingerprint density at radius 1 is 1.31 bits per heavy atom. The molecule has 5 nitrogen and oxygen atoms in total. The molecule has 5 heteroatoms. The van der Waals surface area contributed by atoms with E-state index < -0.39 is 5.66 Å². The van der Waals surface area contributed by atoms with Crippen LogP contribution in [0.15, 0.2) is 0 Å². The fourth-order valence-electron chi connectivity index (χ4n) is 0.700. The minimum absolute atomic E-state index is 0.0521. The summed E-state index contributed by atoms with van der Waals surface area (Å²) < 4.78 is 0. The van der Waals surface area contributed by atoms with Crippen molar-refractivity contribution in [2.75, 3.05) is 7.05 Å². The van der Waals surface area contributed by atoms with Crippen molar-refractivity contribution in [1.82, 2.24) is 16.3 Å². The zero-order chi connectivity index (χ0) is 10.5. The van der Waals surface area contributed by atoms with Gasteiger partial charge in [0.1, 0.15) is 5.66 Å². The Morgan fingerprint density at radius 3 is 2.23 bits per heavy atom. The summed E-state index contributed by atoms with van der Waals surface area (Å²) in [6, 6.07) is 0.0521. The van der Waals surface area contributed by atoms with E-state index in [0.717, 1.165) is 0 Å². The van der Waals surface area contributed by atoms with Gasteiger partial charge in [-0.25, -0.2) is 0 Å². The quantitative estimate of drug-likeness (QED) is 0.342. The van der Waals surface area contributed by atoms with E-state index in [9.17, 15) is 0 Å². The van der Waals surface area contributed by atoms with E-state index >= 15 is 0 Å². The average molecular weight is 190 g/mol. The van der Waals surface area contributed by atoms with Crippen LogP contribution in [0, 0.1) is 0 Å². The van der Waals surface area contributed by atoms with Gasteiger partial charge >= 0.3 is 0 Å². The van der Waals surface area contributed by atoms with Crippen LogP contribution in [0.5, 0.6) is 0 Å². The van der Waals surface area contributed by atoms with Crippen LogP contribution in [0.25, 0.3) is 0 Å². The molecule has 0 aromatic carbocycles. The van der Waals surface area contributed by atoms with E-state index in [1.54, 1.807) is 7.05 Å². The molecule has 0 saturated carbocycles. The largest absolute Gasteiger partial charge is 0.310 e. The molecule has 0 fully saturated rings. The summed E-state index contributed by atoms with van der Waals surface area (Å²) in [5.41, 5.74) is 14.0. The molecular weight excluding hydrogens is 168 g/mol. The second kappa shape index (κ2) is 5.51. The Hall–Kier alpha value is -0.200. The molecule has 0 heterocycles. The molecule has 2 unspecified atom stereocenters. The molecule has 0 aromatic rings. The predicted octanol–water partition coefficient (Wildman–Crippen LogP) is -0.297. The molecule has 0 aliphatic carbocycles. The van der Waals surface area contributed by atoms with Gasteiger partial charge in [-0.1, -0.05) is 0 Å². The number of hydroxylamine groups is 1. The lowest BCUT2D eigenvalue weighted by atomic mass is 10.1. The summed E-state index contributed by atoms with van der Waals surface area (Å²) in [6.07, 6.45) is 0.115. The first-order chi connectivity index (χ1) is 5.90. The van der Waals surface area contributed by atoms with Gasteiger partial charge in [0.2, 0.25) is 0 Å². The Morgan fingerprint density at radius 2 is 1.85 bits per heavy atom. The highest BCUT2D eigenvalue weighted by Gasteiger charge is 2.26. The van der Waals surface area contributed by atoms with Gasteiger partial charge in [-0.05, 0) is 34.7 Å². The van der Waals surface area contributed by atoms with Crippen LogP contribution in [0.4, 0.5) is 0 Å². The van der Waals surface area contributed by atoms with E-state index in [-0.39, 0.29) is 12.1 Å². The molecule has 0 aliphatic heterocycles. The average Bonchev–Trinajstić information content (AvgIpc) is 2.01. The number of hydrazine groups is 1. The Labute approximate surface area is 80.3 Å². The molecule has 0 bridgehead atoms. The Balaban J connectivity index is 3.90. The van der Waals surface area contributed by atoms with Crippen LogP contribution in [0.2, 0.25) is 0 Å². The molecular formula is C8H22N4O. The van der Waals surface area contributed by atoms with Crippen molar-refractivity contribution in [1.29, 1.82) is 0 Å². The topological polar surface area (TPSA) is 71.3 Å². The van der Waals surface area contributed by atoms with Gasteiger partial charge in [-0.15, -0.1) is 0 Å². The van der Waals surface area contributed by atoms with E-state index in [0.29, 0.717) is 0 Å². The number of hydrogen-bond acceptors (Lipinski definition) is 5. The van der Waals surface area contributed by atoms with Crippen LogP contribution in [-0.4, -0.2) is 24.9 Å². The Kier molecular flexibility index (Phi) is 5.43. The molecule has 13 heavy (non-hydrogen) atoms. The molecule has 2 atom stereocenters. The van der Waals surface area contributed by atoms with Crippen LogP contribution in [0.3, 0.4) is 0 Å². The highest BCUT2D eigenvalue weighted by atomic mass is 16.7. The lowest BCUT2D eigenvalue weighted by molar-refractivity contribution is -0.0623. The summed E-state index contributed by atoms with van der Waals surface area (Å²) in [7, 11) is 1.80. The Bertz CT molecular complexity index is 138. The van der Waals surface area contributed by atoms with Gasteiger partial charge in [-0.3, -0.25) is 15.7 Å². The number of rotatable bonds is 6. The second-order valence-corrected chi connectivity index (χ2v) is 3.67. The maximum absolute atomic E-state index is 5.96. The van der Waals surface area contributed by atoms with Gasteiger partial charge in [0.15, 0.2) is 0 Å². The monoisotopic (exact) mass is 190 g/mol. The van der Waals surface area contributed by atoms with Gasteiger partial charge in [0.05, 0.1) is 12.1 Å². The molecule has 0 aromatic heterocycles. The van der Waals surface area contributed by atoms with Crippen molar-refractivity contribution in [3.63, 3.8) is 0 Å². The number of hydrogen-bond donors (Lipinski definition) is 4. The van der Waals surface area contributed by atoms with Crippen LogP contribution < -0.4 is 22.1 Å². The first-order valence-electron chi connectivity index (χ1n) is 4.54. The van der Waals surface area contributed by atoms with Crippen molar-refractivity contribution >= 4 is 0 Å². The molecule has 80 valence electrons. The first-order valence-corrected chi connectivity index (χ1v) is 4.54. The minimum atomic E-state index is -0.604. The summed E-state index contributed by atoms with van der Waals surface area (Å²) in [6.45, 7) is 7.72. The van der Waals surface area contributed by atoms with Crippen molar-refractivity contribution in [3.05, 3.63) is 0 Å². The second-order valence-electron chi connectivity index (χ2n) is 3.67. The third-order valence-corrected chi connectivity index (χ3v) is 1.77. The van der Waals surface area contributed by atoms with Crippen molar-refractivity contribution in [3.8, 4) is 0 Å². The van der Waals surface area contributed by atoms with E-state index in [2.05, 4.69) is 16.3 Å². The SMILES string of the molecule is CNNC(C)C(C)(N)NOC(C)C. The van der Waals surface area contributed by atoms with Crippen molar-refractivity contribution < 1.29 is 4.84 Å². The summed E-state index contributed by atoms with van der Waals surface area (Å²) in [5.74, 6) is 0. The van der Waals surface area contributed by atoms with E-state index in [1.807, 2.05) is 27.7 Å². The molecule has 0 rings (SSSR count). The maximum Gasteiger partial charge on any atom is 0.103 e.